The minimum atomic E-state index is 0.0888. The fraction of sp³-hybridized carbons (Fsp3) is 0.333. The molecule has 0 aliphatic rings. The Kier molecular flexibility index (Phi) is 4.23. The maximum atomic E-state index is 8.91. The SMILES string of the molecule is OCc1ccc(CNCCc2ncon2)cc1. The fourth-order valence-corrected chi connectivity index (χ4v) is 1.50. The van der Waals surface area contributed by atoms with Gasteiger partial charge in [0.25, 0.3) is 0 Å². The largest absolute Gasteiger partial charge is 0.392 e. The summed E-state index contributed by atoms with van der Waals surface area (Å²) in [7, 11) is 0. The van der Waals surface area contributed by atoms with Crippen LogP contribution in [0.3, 0.4) is 0 Å². The molecule has 2 rings (SSSR count). The topological polar surface area (TPSA) is 71.2 Å². The Balaban J connectivity index is 1.70. The normalized spacial score (nSPS) is 10.6. The van der Waals surface area contributed by atoms with E-state index in [1.807, 2.05) is 24.3 Å². The Morgan fingerprint density at radius 1 is 1.18 bits per heavy atom. The van der Waals surface area contributed by atoms with Crippen LogP contribution < -0.4 is 5.32 Å². The van der Waals surface area contributed by atoms with E-state index in [1.165, 1.54) is 12.0 Å². The average molecular weight is 233 g/mol. The van der Waals surface area contributed by atoms with E-state index in [0.717, 1.165) is 25.1 Å². The van der Waals surface area contributed by atoms with E-state index in [-0.39, 0.29) is 6.61 Å². The number of nitrogens with one attached hydrogen (secondary N) is 1. The number of rotatable bonds is 6. The smallest absolute Gasteiger partial charge is 0.213 e. The summed E-state index contributed by atoms with van der Waals surface area (Å²) >= 11 is 0. The summed E-state index contributed by atoms with van der Waals surface area (Å²) < 4.78 is 4.64. The summed E-state index contributed by atoms with van der Waals surface area (Å²) in [5.41, 5.74) is 2.12. The van der Waals surface area contributed by atoms with E-state index in [1.54, 1.807) is 0 Å². The highest BCUT2D eigenvalue weighted by Gasteiger charge is 1.98. The number of hydrogen-bond donors (Lipinski definition) is 2. The molecule has 0 unspecified atom stereocenters. The minimum absolute atomic E-state index is 0.0888. The van der Waals surface area contributed by atoms with Crippen LogP contribution in [-0.4, -0.2) is 21.8 Å². The first kappa shape index (κ1) is 11.8. The van der Waals surface area contributed by atoms with Gasteiger partial charge in [-0.15, -0.1) is 0 Å². The van der Waals surface area contributed by atoms with Gasteiger partial charge in [0.05, 0.1) is 6.61 Å². The Morgan fingerprint density at radius 2 is 1.94 bits per heavy atom. The maximum absolute atomic E-state index is 8.91. The lowest BCUT2D eigenvalue weighted by Crippen LogP contribution is -2.17. The molecule has 5 heteroatoms. The molecule has 2 N–H and O–H groups in total. The second kappa shape index (κ2) is 6.12. The molecular formula is C12H15N3O2. The number of aliphatic hydroxyl groups is 1. The van der Waals surface area contributed by atoms with Gasteiger partial charge in [-0.2, -0.15) is 4.98 Å². The van der Waals surface area contributed by atoms with Gasteiger partial charge in [0.1, 0.15) is 0 Å². The van der Waals surface area contributed by atoms with Crippen molar-refractivity contribution in [2.75, 3.05) is 6.54 Å². The number of aliphatic hydroxyl groups excluding tert-OH is 1. The van der Waals surface area contributed by atoms with E-state index in [2.05, 4.69) is 20.0 Å². The van der Waals surface area contributed by atoms with Crippen molar-refractivity contribution < 1.29 is 9.63 Å². The van der Waals surface area contributed by atoms with Gasteiger partial charge in [-0.25, -0.2) is 0 Å². The first-order valence-corrected chi connectivity index (χ1v) is 5.53. The molecule has 1 aromatic heterocycles. The number of aromatic nitrogens is 2. The first-order valence-electron chi connectivity index (χ1n) is 5.53. The molecule has 0 bridgehead atoms. The van der Waals surface area contributed by atoms with E-state index < -0.39 is 0 Å². The lowest BCUT2D eigenvalue weighted by Gasteiger charge is -2.04. The van der Waals surface area contributed by atoms with Gasteiger partial charge in [-0.3, -0.25) is 0 Å². The van der Waals surface area contributed by atoms with Crippen molar-refractivity contribution in [1.29, 1.82) is 0 Å². The summed E-state index contributed by atoms with van der Waals surface area (Å²) in [6.45, 7) is 1.69. The van der Waals surface area contributed by atoms with Gasteiger partial charge in [0, 0.05) is 19.5 Å². The molecular weight excluding hydrogens is 218 g/mol. The predicted octanol–water partition coefficient (Wildman–Crippen LogP) is 0.894. The minimum Gasteiger partial charge on any atom is -0.392 e. The van der Waals surface area contributed by atoms with Gasteiger partial charge in [-0.1, -0.05) is 29.4 Å². The second-order valence-corrected chi connectivity index (χ2v) is 3.75. The summed E-state index contributed by atoms with van der Waals surface area (Å²) in [6.07, 6.45) is 2.09. The Morgan fingerprint density at radius 3 is 2.59 bits per heavy atom. The van der Waals surface area contributed by atoms with E-state index in [4.69, 9.17) is 5.11 Å². The van der Waals surface area contributed by atoms with Gasteiger partial charge in [0.2, 0.25) is 6.39 Å². The zero-order valence-corrected chi connectivity index (χ0v) is 9.47. The van der Waals surface area contributed by atoms with Crippen LogP contribution >= 0.6 is 0 Å². The van der Waals surface area contributed by atoms with E-state index in [9.17, 15) is 0 Å². The molecule has 0 spiro atoms. The van der Waals surface area contributed by atoms with Crippen molar-refractivity contribution >= 4 is 0 Å². The molecule has 0 saturated carbocycles. The molecule has 2 aromatic rings. The molecule has 0 amide bonds. The van der Waals surface area contributed by atoms with Crippen LogP contribution in [0.25, 0.3) is 0 Å². The molecule has 17 heavy (non-hydrogen) atoms. The number of hydrogen-bond acceptors (Lipinski definition) is 5. The zero-order valence-electron chi connectivity index (χ0n) is 9.47. The Hall–Kier alpha value is -1.72. The number of benzene rings is 1. The third-order valence-electron chi connectivity index (χ3n) is 2.47. The molecule has 5 nitrogen and oxygen atoms in total. The van der Waals surface area contributed by atoms with Crippen LogP contribution in [0.15, 0.2) is 35.2 Å². The van der Waals surface area contributed by atoms with Crippen LogP contribution in [0.2, 0.25) is 0 Å². The summed E-state index contributed by atoms with van der Waals surface area (Å²) in [6, 6.07) is 7.87. The molecule has 1 heterocycles. The van der Waals surface area contributed by atoms with Gasteiger partial charge in [-0.05, 0) is 11.1 Å². The zero-order chi connectivity index (χ0) is 11.9. The molecule has 1 aromatic carbocycles. The van der Waals surface area contributed by atoms with Crippen molar-refractivity contribution in [3.05, 3.63) is 47.6 Å². The van der Waals surface area contributed by atoms with Crippen LogP contribution in [-0.2, 0) is 19.6 Å². The van der Waals surface area contributed by atoms with Crippen molar-refractivity contribution in [2.45, 2.75) is 19.6 Å². The number of nitrogens with zero attached hydrogens (tertiary/aromatic N) is 2. The summed E-state index contributed by atoms with van der Waals surface area (Å²) in [5.74, 6) is 0.716. The maximum Gasteiger partial charge on any atom is 0.213 e. The highest BCUT2D eigenvalue weighted by atomic mass is 16.5. The summed E-state index contributed by atoms with van der Waals surface area (Å²) in [4.78, 5) is 3.94. The van der Waals surface area contributed by atoms with Crippen molar-refractivity contribution in [3.8, 4) is 0 Å². The van der Waals surface area contributed by atoms with Crippen molar-refractivity contribution in [3.63, 3.8) is 0 Å². The monoisotopic (exact) mass is 233 g/mol. The van der Waals surface area contributed by atoms with Gasteiger partial charge in [0.15, 0.2) is 5.82 Å². The fourth-order valence-electron chi connectivity index (χ4n) is 1.50. The highest BCUT2D eigenvalue weighted by Crippen LogP contribution is 2.03. The van der Waals surface area contributed by atoms with Crippen LogP contribution in [0.1, 0.15) is 17.0 Å². The molecule has 0 aliphatic carbocycles. The van der Waals surface area contributed by atoms with Crippen molar-refractivity contribution in [2.24, 2.45) is 0 Å². The third-order valence-corrected chi connectivity index (χ3v) is 2.47. The quantitative estimate of drug-likeness (QED) is 0.725. The first-order chi connectivity index (χ1) is 8.38. The lowest BCUT2D eigenvalue weighted by atomic mass is 10.1. The van der Waals surface area contributed by atoms with Crippen molar-refractivity contribution in [1.82, 2.24) is 15.5 Å². The Labute approximate surface area is 99.5 Å². The van der Waals surface area contributed by atoms with Crippen LogP contribution in [0.4, 0.5) is 0 Å². The molecule has 0 fully saturated rings. The van der Waals surface area contributed by atoms with E-state index in [0.29, 0.717) is 5.82 Å². The second-order valence-electron chi connectivity index (χ2n) is 3.75. The van der Waals surface area contributed by atoms with Crippen LogP contribution in [0.5, 0.6) is 0 Å². The van der Waals surface area contributed by atoms with Gasteiger partial charge >= 0.3 is 0 Å². The third kappa shape index (κ3) is 3.65. The molecule has 0 saturated heterocycles. The molecule has 0 atom stereocenters. The van der Waals surface area contributed by atoms with Gasteiger partial charge < -0.3 is 14.9 Å². The van der Waals surface area contributed by atoms with Crippen LogP contribution in [0, 0.1) is 0 Å². The average Bonchev–Trinajstić information content (AvgIpc) is 2.88. The lowest BCUT2D eigenvalue weighted by molar-refractivity contribution is 0.282. The predicted molar refractivity (Wildman–Crippen MR) is 62.1 cm³/mol. The highest BCUT2D eigenvalue weighted by molar-refractivity contribution is 5.21. The standard InChI is InChI=1S/C12H15N3O2/c16-8-11-3-1-10(2-4-11)7-13-6-5-12-14-9-17-15-12/h1-4,9,13,16H,5-8H2. The molecule has 0 aliphatic heterocycles. The Bertz CT molecular complexity index is 426. The molecule has 0 radical (unpaired) electrons. The summed E-state index contributed by atoms with van der Waals surface area (Å²) in [5, 5.41) is 15.9. The van der Waals surface area contributed by atoms with E-state index >= 15 is 0 Å². The molecule has 90 valence electrons.